The highest BCUT2D eigenvalue weighted by Crippen LogP contribution is 2.24. The smallest absolute Gasteiger partial charge is 0.216 e. The van der Waals surface area contributed by atoms with Crippen molar-refractivity contribution >= 4 is 12.2 Å². The molecule has 2 aromatic rings. The van der Waals surface area contributed by atoms with Crippen LogP contribution < -0.4 is 0 Å². The molecule has 4 heteroatoms. The minimum absolute atomic E-state index is 0.159. The van der Waals surface area contributed by atoms with E-state index < -0.39 is 0 Å². The van der Waals surface area contributed by atoms with Crippen LogP contribution in [0.15, 0.2) is 45.8 Å². The van der Waals surface area contributed by atoms with Crippen LogP contribution in [0.5, 0.6) is 0 Å². The normalized spacial score (nSPS) is 16.6. The lowest BCUT2D eigenvalue weighted by molar-refractivity contribution is 0.110. The number of hydrogen-bond acceptors (Lipinski definition) is 4. The van der Waals surface area contributed by atoms with Crippen molar-refractivity contribution in [2.45, 2.75) is 19.4 Å². The number of nitrogens with zero attached hydrogens (tertiary/aromatic N) is 1. The third-order valence-electron chi connectivity index (χ3n) is 3.13. The molecule has 0 saturated heterocycles. The maximum Gasteiger partial charge on any atom is 0.216 e. The van der Waals surface area contributed by atoms with E-state index in [1.807, 2.05) is 38.1 Å². The van der Waals surface area contributed by atoms with Gasteiger partial charge in [0.15, 0.2) is 12.0 Å². The van der Waals surface area contributed by atoms with Crippen LogP contribution in [0.3, 0.4) is 0 Å². The molecule has 3 rings (SSSR count). The Balaban J connectivity index is 1.86. The van der Waals surface area contributed by atoms with Crippen LogP contribution in [0.25, 0.3) is 11.3 Å². The second-order valence-corrected chi connectivity index (χ2v) is 5.42. The molecule has 1 aliphatic rings. The van der Waals surface area contributed by atoms with E-state index in [9.17, 15) is 4.79 Å². The number of aldehydes is 1. The first kappa shape index (κ1) is 12.7. The van der Waals surface area contributed by atoms with Crippen LogP contribution in [0.2, 0.25) is 0 Å². The van der Waals surface area contributed by atoms with Crippen LogP contribution in [0, 0.1) is 0 Å². The van der Waals surface area contributed by atoms with Crippen molar-refractivity contribution in [3.05, 3.63) is 47.7 Å². The van der Waals surface area contributed by atoms with Crippen molar-refractivity contribution in [3.63, 3.8) is 0 Å². The Labute approximate surface area is 117 Å². The monoisotopic (exact) mass is 269 g/mol. The number of carbonyl (C=O) groups is 1. The zero-order chi connectivity index (χ0) is 14.2. The van der Waals surface area contributed by atoms with E-state index in [0.717, 1.165) is 11.1 Å². The molecule has 0 radical (unpaired) electrons. The van der Waals surface area contributed by atoms with Crippen LogP contribution in [-0.2, 0) is 4.74 Å². The molecule has 0 unspecified atom stereocenters. The molecule has 1 aromatic heterocycles. The zero-order valence-corrected chi connectivity index (χ0v) is 11.4. The summed E-state index contributed by atoms with van der Waals surface area (Å²) >= 11 is 0. The van der Waals surface area contributed by atoms with E-state index in [4.69, 9.17) is 9.15 Å². The number of aliphatic imine (C=N–C) groups is 1. The Morgan fingerprint density at radius 3 is 2.35 bits per heavy atom. The van der Waals surface area contributed by atoms with Crippen molar-refractivity contribution in [2.75, 3.05) is 6.61 Å². The molecule has 0 spiro atoms. The van der Waals surface area contributed by atoms with Gasteiger partial charge in [-0.2, -0.15) is 0 Å². The Kier molecular flexibility index (Phi) is 2.93. The van der Waals surface area contributed by atoms with Crippen molar-refractivity contribution in [2.24, 2.45) is 4.99 Å². The van der Waals surface area contributed by atoms with Gasteiger partial charge in [0, 0.05) is 11.1 Å². The lowest BCUT2D eigenvalue weighted by atomic mass is 10.1. The van der Waals surface area contributed by atoms with Gasteiger partial charge in [-0.3, -0.25) is 4.79 Å². The number of ether oxygens (including phenoxy) is 1. The number of furan rings is 1. The largest absolute Gasteiger partial charge is 0.475 e. The Morgan fingerprint density at radius 1 is 1.10 bits per heavy atom. The summed E-state index contributed by atoms with van der Waals surface area (Å²) in [5.41, 5.74) is 1.70. The molecule has 0 amide bonds. The highest BCUT2D eigenvalue weighted by Gasteiger charge is 2.26. The number of carbonyl (C=O) groups excluding carboxylic acids is 1. The van der Waals surface area contributed by atoms with Gasteiger partial charge in [-0.05, 0) is 38.1 Å². The zero-order valence-electron chi connectivity index (χ0n) is 11.4. The molecule has 0 atom stereocenters. The summed E-state index contributed by atoms with van der Waals surface area (Å²) in [4.78, 5) is 15.1. The maximum atomic E-state index is 10.6. The summed E-state index contributed by atoms with van der Waals surface area (Å²) in [6, 6.07) is 11.2. The van der Waals surface area contributed by atoms with Crippen LogP contribution in [0.4, 0.5) is 0 Å². The summed E-state index contributed by atoms with van der Waals surface area (Å²) in [5, 5.41) is 0. The van der Waals surface area contributed by atoms with E-state index in [1.165, 1.54) is 0 Å². The van der Waals surface area contributed by atoms with Gasteiger partial charge >= 0.3 is 0 Å². The molecule has 20 heavy (non-hydrogen) atoms. The van der Waals surface area contributed by atoms with E-state index in [1.54, 1.807) is 12.1 Å². The van der Waals surface area contributed by atoms with E-state index in [2.05, 4.69) is 4.99 Å². The molecular weight excluding hydrogens is 254 g/mol. The Hall–Kier alpha value is -2.36. The molecule has 1 aromatic carbocycles. The maximum absolute atomic E-state index is 10.6. The third-order valence-corrected chi connectivity index (χ3v) is 3.13. The Morgan fingerprint density at radius 2 is 1.80 bits per heavy atom. The minimum atomic E-state index is -0.159. The highest BCUT2D eigenvalue weighted by molar-refractivity contribution is 5.95. The van der Waals surface area contributed by atoms with Crippen molar-refractivity contribution in [1.29, 1.82) is 0 Å². The first-order chi connectivity index (χ1) is 9.57. The molecule has 4 nitrogen and oxygen atoms in total. The molecule has 0 fully saturated rings. The highest BCUT2D eigenvalue weighted by atomic mass is 16.5. The molecule has 0 N–H and O–H groups in total. The summed E-state index contributed by atoms with van der Waals surface area (Å²) in [6.45, 7) is 4.68. The number of benzene rings is 1. The van der Waals surface area contributed by atoms with E-state index >= 15 is 0 Å². The fourth-order valence-electron chi connectivity index (χ4n) is 2.08. The van der Waals surface area contributed by atoms with Gasteiger partial charge in [0.25, 0.3) is 0 Å². The van der Waals surface area contributed by atoms with Crippen molar-refractivity contribution in [1.82, 2.24) is 0 Å². The first-order valence-corrected chi connectivity index (χ1v) is 6.46. The summed E-state index contributed by atoms with van der Waals surface area (Å²) < 4.78 is 11.0. The fraction of sp³-hybridized carbons (Fsp3) is 0.250. The standard InChI is InChI=1S/C16H15NO3/c1-16(2)10-19-15(17-16)12-5-3-11(4-6-12)14-8-7-13(9-18)20-14/h3-9H,10H2,1-2H3. The van der Waals surface area contributed by atoms with E-state index in [-0.39, 0.29) is 5.54 Å². The molecule has 0 aliphatic carbocycles. The van der Waals surface area contributed by atoms with Crippen LogP contribution in [-0.4, -0.2) is 24.3 Å². The molecule has 2 heterocycles. The summed E-state index contributed by atoms with van der Waals surface area (Å²) in [6.07, 6.45) is 0.695. The summed E-state index contributed by atoms with van der Waals surface area (Å²) in [5.74, 6) is 1.68. The summed E-state index contributed by atoms with van der Waals surface area (Å²) in [7, 11) is 0. The Bertz CT molecular complexity index is 665. The predicted molar refractivity (Wildman–Crippen MR) is 76.1 cm³/mol. The predicted octanol–water partition coefficient (Wildman–Crippen LogP) is 3.31. The van der Waals surface area contributed by atoms with Gasteiger partial charge in [-0.25, -0.2) is 4.99 Å². The minimum Gasteiger partial charge on any atom is -0.475 e. The molecule has 1 aliphatic heterocycles. The average Bonchev–Trinajstić information content (AvgIpc) is 3.05. The molecular formula is C16H15NO3. The van der Waals surface area contributed by atoms with Gasteiger partial charge < -0.3 is 9.15 Å². The average molecular weight is 269 g/mol. The first-order valence-electron chi connectivity index (χ1n) is 6.46. The quantitative estimate of drug-likeness (QED) is 0.803. The van der Waals surface area contributed by atoms with Crippen LogP contribution >= 0.6 is 0 Å². The van der Waals surface area contributed by atoms with Crippen LogP contribution in [0.1, 0.15) is 30.0 Å². The second kappa shape index (κ2) is 4.63. The van der Waals surface area contributed by atoms with Gasteiger partial charge in [-0.15, -0.1) is 0 Å². The van der Waals surface area contributed by atoms with Gasteiger partial charge in [-0.1, -0.05) is 12.1 Å². The van der Waals surface area contributed by atoms with Crippen molar-refractivity contribution < 1.29 is 13.9 Å². The fourth-order valence-corrected chi connectivity index (χ4v) is 2.08. The van der Waals surface area contributed by atoms with E-state index in [0.29, 0.717) is 30.3 Å². The third kappa shape index (κ3) is 2.37. The number of hydrogen-bond donors (Lipinski definition) is 0. The van der Waals surface area contributed by atoms with Gasteiger partial charge in [0.1, 0.15) is 12.4 Å². The SMILES string of the molecule is CC1(C)COC(c2ccc(-c3ccc(C=O)o3)cc2)=N1. The van der Waals surface area contributed by atoms with Crippen molar-refractivity contribution in [3.8, 4) is 11.3 Å². The lowest BCUT2D eigenvalue weighted by Crippen LogP contribution is -2.17. The topological polar surface area (TPSA) is 51.8 Å². The molecule has 0 bridgehead atoms. The molecule has 102 valence electrons. The number of rotatable bonds is 3. The lowest BCUT2D eigenvalue weighted by Gasteiger charge is -2.07. The second-order valence-electron chi connectivity index (χ2n) is 5.42. The van der Waals surface area contributed by atoms with Gasteiger partial charge in [0.2, 0.25) is 5.90 Å². The molecule has 0 saturated carbocycles. The van der Waals surface area contributed by atoms with Gasteiger partial charge in [0.05, 0.1) is 5.54 Å².